The van der Waals surface area contributed by atoms with E-state index in [0.717, 1.165) is 27.8 Å². The monoisotopic (exact) mass is 391 g/mol. The summed E-state index contributed by atoms with van der Waals surface area (Å²) in [6.45, 7) is -0.606. The van der Waals surface area contributed by atoms with Gasteiger partial charge in [-0.05, 0) is 23.3 Å². The topological polar surface area (TPSA) is 80.8 Å². The lowest BCUT2D eigenvalue weighted by atomic mass is 9.96. The van der Waals surface area contributed by atoms with Crippen LogP contribution in [0, 0.1) is 5.82 Å². The Morgan fingerprint density at radius 1 is 1.11 bits per heavy atom. The number of halogens is 1. The minimum Gasteiger partial charge on any atom is -0.456 e. The van der Waals surface area contributed by atoms with Gasteiger partial charge in [-0.15, -0.1) is 0 Å². The lowest BCUT2D eigenvalue weighted by Gasteiger charge is -2.33. The van der Waals surface area contributed by atoms with Crippen LogP contribution in [-0.2, 0) is 32.5 Å². The Balaban J connectivity index is 1.76. The standard InChI is InChI=1S/C19H18FNO5S/c1-27(24,25)21-11-14-7-3-2-6-13(14)10-17(21)19(23)26-12-18(22)15-8-4-5-9-16(15)20/h2-9,17H,10-12H2,1H3. The maximum absolute atomic E-state index is 13.7. The zero-order valence-electron chi connectivity index (χ0n) is 14.6. The number of benzene rings is 2. The first-order valence-corrected chi connectivity index (χ1v) is 10.1. The van der Waals surface area contributed by atoms with Crippen molar-refractivity contribution < 1.29 is 27.1 Å². The smallest absolute Gasteiger partial charge is 0.325 e. The number of fused-ring (bicyclic) bond motifs is 1. The Bertz CT molecular complexity index is 989. The van der Waals surface area contributed by atoms with Crippen molar-refractivity contribution >= 4 is 21.8 Å². The van der Waals surface area contributed by atoms with Crippen molar-refractivity contribution in [3.05, 3.63) is 71.0 Å². The van der Waals surface area contributed by atoms with E-state index < -0.39 is 40.2 Å². The number of hydrogen-bond donors (Lipinski definition) is 0. The van der Waals surface area contributed by atoms with Gasteiger partial charge in [0.25, 0.3) is 0 Å². The summed E-state index contributed by atoms with van der Waals surface area (Å²) in [7, 11) is -3.67. The number of carbonyl (C=O) groups is 2. The lowest BCUT2D eigenvalue weighted by molar-refractivity contribution is -0.147. The first-order chi connectivity index (χ1) is 12.8. The molecule has 142 valence electrons. The van der Waals surface area contributed by atoms with E-state index in [0.29, 0.717) is 0 Å². The van der Waals surface area contributed by atoms with Crippen LogP contribution < -0.4 is 0 Å². The van der Waals surface area contributed by atoms with Gasteiger partial charge in [0.1, 0.15) is 11.9 Å². The number of esters is 1. The molecule has 1 atom stereocenters. The van der Waals surface area contributed by atoms with Crippen LogP contribution in [0.25, 0.3) is 0 Å². The van der Waals surface area contributed by atoms with Crippen molar-refractivity contribution in [1.29, 1.82) is 0 Å². The van der Waals surface area contributed by atoms with E-state index in [1.54, 1.807) is 18.2 Å². The van der Waals surface area contributed by atoms with Crippen molar-refractivity contribution in [2.75, 3.05) is 12.9 Å². The second-order valence-electron chi connectivity index (χ2n) is 6.31. The Morgan fingerprint density at radius 2 is 1.74 bits per heavy atom. The SMILES string of the molecule is CS(=O)(=O)N1Cc2ccccc2CC1C(=O)OCC(=O)c1ccccc1F. The average molecular weight is 391 g/mol. The van der Waals surface area contributed by atoms with Crippen molar-refractivity contribution in [2.45, 2.75) is 19.0 Å². The summed E-state index contributed by atoms with van der Waals surface area (Å²) in [5.41, 5.74) is 1.48. The van der Waals surface area contributed by atoms with Crippen LogP contribution in [-0.4, -0.2) is 43.4 Å². The molecule has 1 unspecified atom stereocenters. The predicted octanol–water partition coefficient (Wildman–Crippen LogP) is 1.94. The molecule has 0 amide bonds. The average Bonchev–Trinajstić information content (AvgIpc) is 2.64. The number of carbonyl (C=O) groups excluding carboxylic acids is 2. The summed E-state index contributed by atoms with van der Waals surface area (Å²) in [5.74, 6) is -2.23. The van der Waals surface area contributed by atoms with Gasteiger partial charge in [-0.2, -0.15) is 4.31 Å². The number of nitrogens with zero attached hydrogens (tertiary/aromatic N) is 1. The van der Waals surface area contributed by atoms with Crippen molar-refractivity contribution in [3.63, 3.8) is 0 Å². The van der Waals surface area contributed by atoms with Gasteiger partial charge in [0, 0.05) is 13.0 Å². The molecule has 0 saturated heterocycles. The summed E-state index contributed by atoms with van der Waals surface area (Å²) < 4.78 is 44.0. The van der Waals surface area contributed by atoms with Gasteiger partial charge in [0.05, 0.1) is 11.8 Å². The zero-order chi connectivity index (χ0) is 19.6. The third kappa shape index (κ3) is 4.23. The molecular formula is C19H18FNO5S. The maximum Gasteiger partial charge on any atom is 0.325 e. The number of sulfonamides is 1. The van der Waals surface area contributed by atoms with E-state index in [1.807, 2.05) is 6.07 Å². The second-order valence-corrected chi connectivity index (χ2v) is 8.24. The summed E-state index contributed by atoms with van der Waals surface area (Å²) in [5, 5.41) is 0. The van der Waals surface area contributed by atoms with Crippen LogP contribution >= 0.6 is 0 Å². The molecule has 0 radical (unpaired) electrons. The molecule has 1 heterocycles. The summed E-state index contributed by atoms with van der Waals surface area (Å²) >= 11 is 0. The third-order valence-corrected chi connectivity index (χ3v) is 5.66. The van der Waals surface area contributed by atoms with E-state index >= 15 is 0 Å². The largest absolute Gasteiger partial charge is 0.456 e. The fraction of sp³-hybridized carbons (Fsp3) is 0.263. The van der Waals surface area contributed by atoms with Crippen LogP contribution in [0.3, 0.4) is 0 Å². The molecule has 2 aromatic rings. The van der Waals surface area contributed by atoms with Crippen LogP contribution in [0.15, 0.2) is 48.5 Å². The predicted molar refractivity (Wildman–Crippen MR) is 96.0 cm³/mol. The highest BCUT2D eigenvalue weighted by atomic mass is 32.2. The third-order valence-electron chi connectivity index (χ3n) is 4.42. The van der Waals surface area contributed by atoms with Crippen LogP contribution in [0.1, 0.15) is 21.5 Å². The van der Waals surface area contributed by atoms with Gasteiger partial charge in [-0.1, -0.05) is 36.4 Å². The molecule has 3 rings (SSSR count). The summed E-state index contributed by atoms with van der Waals surface area (Å²) in [6, 6.07) is 11.5. The second kappa shape index (κ2) is 7.58. The molecule has 6 nitrogen and oxygen atoms in total. The number of Topliss-reactive ketones (excluding diaryl/α,β-unsaturated/α-hetero) is 1. The number of hydrogen-bond acceptors (Lipinski definition) is 5. The molecule has 1 aliphatic rings. The van der Waals surface area contributed by atoms with Crippen LogP contribution in [0.2, 0.25) is 0 Å². The normalized spacial score (nSPS) is 17.2. The first-order valence-electron chi connectivity index (χ1n) is 8.25. The van der Waals surface area contributed by atoms with Crippen molar-refractivity contribution in [1.82, 2.24) is 4.31 Å². The molecule has 27 heavy (non-hydrogen) atoms. The Labute approximate surface area is 156 Å². The lowest BCUT2D eigenvalue weighted by Crippen LogP contribution is -2.49. The molecule has 0 bridgehead atoms. The van der Waals surface area contributed by atoms with Crippen molar-refractivity contribution in [2.24, 2.45) is 0 Å². The van der Waals surface area contributed by atoms with Gasteiger partial charge in [0.15, 0.2) is 6.61 Å². The van der Waals surface area contributed by atoms with Gasteiger partial charge >= 0.3 is 5.97 Å². The number of ketones is 1. The Kier molecular flexibility index (Phi) is 5.38. The van der Waals surface area contributed by atoms with Gasteiger partial charge in [-0.25, -0.2) is 12.8 Å². The molecule has 0 spiro atoms. The Morgan fingerprint density at radius 3 is 2.41 bits per heavy atom. The summed E-state index contributed by atoms with van der Waals surface area (Å²) in [6.07, 6.45) is 1.17. The number of rotatable bonds is 5. The highest BCUT2D eigenvalue weighted by Crippen LogP contribution is 2.26. The minimum atomic E-state index is -3.67. The maximum atomic E-state index is 13.7. The number of ether oxygens (including phenoxy) is 1. The fourth-order valence-electron chi connectivity index (χ4n) is 3.05. The van der Waals surface area contributed by atoms with Crippen LogP contribution in [0.5, 0.6) is 0 Å². The molecule has 0 aromatic heterocycles. The van der Waals surface area contributed by atoms with E-state index in [9.17, 15) is 22.4 Å². The molecule has 0 fully saturated rings. The molecular weight excluding hydrogens is 373 g/mol. The van der Waals surface area contributed by atoms with Gasteiger partial charge < -0.3 is 4.74 Å². The quantitative estimate of drug-likeness (QED) is 0.575. The highest BCUT2D eigenvalue weighted by molar-refractivity contribution is 7.88. The van der Waals surface area contributed by atoms with Gasteiger partial charge in [0.2, 0.25) is 15.8 Å². The molecule has 1 aliphatic heterocycles. The zero-order valence-corrected chi connectivity index (χ0v) is 15.4. The fourth-order valence-corrected chi connectivity index (χ4v) is 4.04. The molecule has 0 N–H and O–H groups in total. The van der Waals surface area contributed by atoms with Crippen LogP contribution in [0.4, 0.5) is 4.39 Å². The first kappa shape index (κ1) is 19.2. The Hall–Kier alpha value is -2.58. The molecule has 0 aliphatic carbocycles. The molecule has 0 saturated carbocycles. The molecule has 8 heteroatoms. The van der Waals surface area contributed by atoms with E-state index in [2.05, 4.69) is 0 Å². The van der Waals surface area contributed by atoms with E-state index in [-0.39, 0.29) is 18.5 Å². The van der Waals surface area contributed by atoms with E-state index in [1.165, 1.54) is 18.2 Å². The summed E-state index contributed by atoms with van der Waals surface area (Å²) in [4.78, 5) is 24.6. The van der Waals surface area contributed by atoms with Crippen molar-refractivity contribution in [3.8, 4) is 0 Å². The molecule has 2 aromatic carbocycles. The highest BCUT2D eigenvalue weighted by Gasteiger charge is 2.38. The van der Waals surface area contributed by atoms with Gasteiger partial charge in [-0.3, -0.25) is 9.59 Å². The minimum absolute atomic E-state index is 0.0516. The van der Waals surface area contributed by atoms with E-state index in [4.69, 9.17) is 4.74 Å².